The number of methoxy groups -OCH3 is 1. The highest BCUT2D eigenvalue weighted by Crippen LogP contribution is 2.27. The minimum atomic E-state index is -0.719. The molecule has 1 aromatic carbocycles. The SMILES string of the molecule is COc1cccc2c1CCN(C(=O)NC1CCC(C(=O)O)CC1)CC2. The van der Waals surface area contributed by atoms with Crippen LogP contribution in [-0.4, -0.2) is 48.2 Å². The molecule has 1 saturated carbocycles. The summed E-state index contributed by atoms with van der Waals surface area (Å²) in [6, 6.07) is 6.12. The Hall–Kier alpha value is -2.24. The highest BCUT2D eigenvalue weighted by atomic mass is 16.5. The zero-order chi connectivity index (χ0) is 17.8. The first-order valence-electron chi connectivity index (χ1n) is 9.01. The maximum absolute atomic E-state index is 12.6. The number of urea groups is 1. The Morgan fingerprint density at radius 1 is 1.16 bits per heavy atom. The molecule has 0 radical (unpaired) electrons. The number of carboxylic acids is 1. The number of hydrogen-bond acceptors (Lipinski definition) is 3. The molecular formula is C19H26N2O4. The standard InChI is InChI=1S/C19H26N2O4/c1-25-17-4-2-3-13-9-11-21(12-10-16(13)17)19(24)20-15-7-5-14(6-8-15)18(22)23/h2-4,14-15H,5-12H2,1H3,(H,20,24)(H,22,23). The largest absolute Gasteiger partial charge is 0.496 e. The Balaban J connectivity index is 1.55. The Kier molecular flexibility index (Phi) is 5.46. The molecule has 6 heteroatoms. The van der Waals surface area contributed by atoms with Gasteiger partial charge in [-0.1, -0.05) is 12.1 Å². The van der Waals surface area contributed by atoms with Crippen molar-refractivity contribution in [3.05, 3.63) is 29.3 Å². The normalized spacial score (nSPS) is 23.3. The molecule has 1 aliphatic carbocycles. The molecule has 2 N–H and O–H groups in total. The van der Waals surface area contributed by atoms with Crippen molar-refractivity contribution in [3.8, 4) is 5.75 Å². The van der Waals surface area contributed by atoms with Crippen LogP contribution in [-0.2, 0) is 17.6 Å². The quantitative estimate of drug-likeness (QED) is 0.881. The number of carbonyl (C=O) groups excluding carboxylic acids is 1. The number of carbonyl (C=O) groups is 2. The van der Waals surface area contributed by atoms with Crippen LogP contribution in [0.1, 0.15) is 36.8 Å². The fourth-order valence-corrected chi connectivity index (χ4v) is 3.89. The number of aliphatic carboxylic acids is 1. The highest BCUT2D eigenvalue weighted by molar-refractivity contribution is 5.75. The van der Waals surface area contributed by atoms with E-state index in [2.05, 4.69) is 11.4 Å². The van der Waals surface area contributed by atoms with Crippen LogP contribution in [0, 0.1) is 5.92 Å². The van der Waals surface area contributed by atoms with Crippen molar-refractivity contribution in [2.45, 2.75) is 44.6 Å². The molecule has 25 heavy (non-hydrogen) atoms. The Morgan fingerprint density at radius 2 is 1.88 bits per heavy atom. The zero-order valence-electron chi connectivity index (χ0n) is 14.7. The lowest BCUT2D eigenvalue weighted by atomic mass is 9.86. The van der Waals surface area contributed by atoms with Gasteiger partial charge < -0.3 is 20.1 Å². The van der Waals surface area contributed by atoms with Gasteiger partial charge in [0.25, 0.3) is 0 Å². The van der Waals surface area contributed by atoms with Gasteiger partial charge in [-0.3, -0.25) is 4.79 Å². The summed E-state index contributed by atoms with van der Waals surface area (Å²) in [5.74, 6) is -0.0796. The van der Waals surface area contributed by atoms with E-state index < -0.39 is 5.97 Å². The van der Waals surface area contributed by atoms with E-state index >= 15 is 0 Å². The monoisotopic (exact) mass is 346 g/mol. The molecule has 1 fully saturated rings. The van der Waals surface area contributed by atoms with Crippen LogP contribution in [0.5, 0.6) is 5.75 Å². The van der Waals surface area contributed by atoms with Gasteiger partial charge in [0, 0.05) is 19.1 Å². The molecule has 6 nitrogen and oxygen atoms in total. The van der Waals surface area contributed by atoms with Crippen LogP contribution in [0.25, 0.3) is 0 Å². The predicted molar refractivity (Wildman–Crippen MR) is 93.9 cm³/mol. The van der Waals surface area contributed by atoms with Gasteiger partial charge >= 0.3 is 12.0 Å². The molecule has 0 aromatic heterocycles. The van der Waals surface area contributed by atoms with Crippen molar-refractivity contribution in [2.24, 2.45) is 5.92 Å². The molecule has 0 bridgehead atoms. The van der Waals surface area contributed by atoms with Gasteiger partial charge in [-0.2, -0.15) is 0 Å². The second kappa shape index (κ2) is 7.76. The molecule has 2 amide bonds. The van der Waals surface area contributed by atoms with Crippen LogP contribution >= 0.6 is 0 Å². The van der Waals surface area contributed by atoms with Crippen molar-refractivity contribution in [1.29, 1.82) is 0 Å². The summed E-state index contributed by atoms with van der Waals surface area (Å²) < 4.78 is 5.45. The molecule has 3 rings (SSSR count). The van der Waals surface area contributed by atoms with Crippen molar-refractivity contribution in [2.75, 3.05) is 20.2 Å². The number of hydrogen-bond donors (Lipinski definition) is 2. The van der Waals surface area contributed by atoms with Crippen LogP contribution in [0.15, 0.2) is 18.2 Å². The summed E-state index contributed by atoms with van der Waals surface area (Å²) in [6.45, 7) is 1.36. The van der Waals surface area contributed by atoms with Crippen LogP contribution in [0.2, 0.25) is 0 Å². The Morgan fingerprint density at radius 3 is 2.56 bits per heavy atom. The van der Waals surface area contributed by atoms with Crippen LogP contribution in [0.3, 0.4) is 0 Å². The fourth-order valence-electron chi connectivity index (χ4n) is 3.89. The molecule has 1 heterocycles. The van der Waals surface area contributed by atoms with Gasteiger partial charge in [0.15, 0.2) is 0 Å². The number of nitrogens with one attached hydrogen (secondary N) is 1. The number of benzene rings is 1. The van der Waals surface area contributed by atoms with Gasteiger partial charge in [0.05, 0.1) is 13.0 Å². The summed E-state index contributed by atoms with van der Waals surface area (Å²) >= 11 is 0. The first-order valence-corrected chi connectivity index (χ1v) is 9.01. The maximum atomic E-state index is 12.6. The minimum absolute atomic E-state index is 0.0365. The van der Waals surface area contributed by atoms with Crippen molar-refractivity contribution in [3.63, 3.8) is 0 Å². The number of rotatable bonds is 3. The third-order valence-corrected chi connectivity index (χ3v) is 5.42. The van der Waals surface area contributed by atoms with E-state index in [1.54, 1.807) is 7.11 Å². The first-order chi connectivity index (χ1) is 12.1. The van der Waals surface area contributed by atoms with Gasteiger partial charge in [0.1, 0.15) is 5.75 Å². The van der Waals surface area contributed by atoms with Crippen LogP contribution < -0.4 is 10.1 Å². The predicted octanol–water partition coefficient (Wildman–Crippen LogP) is 2.45. The molecule has 2 aliphatic rings. The number of ether oxygens (including phenoxy) is 1. The molecule has 136 valence electrons. The van der Waals surface area contributed by atoms with E-state index in [4.69, 9.17) is 9.84 Å². The third-order valence-electron chi connectivity index (χ3n) is 5.42. The average molecular weight is 346 g/mol. The first kappa shape index (κ1) is 17.6. The van der Waals surface area contributed by atoms with E-state index in [-0.39, 0.29) is 18.0 Å². The topological polar surface area (TPSA) is 78.9 Å². The summed E-state index contributed by atoms with van der Waals surface area (Å²) in [5.41, 5.74) is 2.44. The zero-order valence-corrected chi connectivity index (χ0v) is 14.7. The highest BCUT2D eigenvalue weighted by Gasteiger charge is 2.28. The second-order valence-electron chi connectivity index (χ2n) is 6.92. The molecule has 0 unspecified atom stereocenters. The lowest BCUT2D eigenvalue weighted by Crippen LogP contribution is -2.47. The van der Waals surface area contributed by atoms with E-state index in [1.165, 1.54) is 11.1 Å². The smallest absolute Gasteiger partial charge is 0.317 e. The number of nitrogens with zero attached hydrogens (tertiary/aromatic N) is 1. The number of carboxylic acid groups (broad SMARTS) is 1. The number of amides is 2. The van der Waals surface area contributed by atoms with Crippen molar-refractivity contribution in [1.82, 2.24) is 10.2 Å². The summed E-state index contributed by atoms with van der Waals surface area (Å²) in [7, 11) is 1.68. The van der Waals surface area contributed by atoms with Gasteiger partial charge in [-0.05, 0) is 55.7 Å². The molecule has 1 aliphatic heterocycles. The number of fused-ring (bicyclic) bond motifs is 1. The Labute approximate surface area is 148 Å². The summed E-state index contributed by atoms with van der Waals surface area (Å²) in [6.07, 6.45) is 4.38. The molecular weight excluding hydrogens is 320 g/mol. The third kappa shape index (κ3) is 4.06. The van der Waals surface area contributed by atoms with Gasteiger partial charge in [-0.15, -0.1) is 0 Å². The molecule has 0 saturated heterocycles. The average Bonchev–Trinajstić information content (AvgIpc) is 2.84. The molecule has 0 spiro atoms. The Bertz CT molecular complexity index is 638. The van der Waals surface area contributed by atoms with Gasteiger partial charge in [-0.25, -0.2) is 4.79 Å². The fraction of sp³-hybridized carbons (Fsp3) is 0.579. The van der Waals surface area contributed by atoms with Gasteiger partial charge in [0.2, 0.25) is 0 Å². The van der Waals surface area contributed by atoms with E-state index in [0.717, 1.165) is 31.4 Å². The van der Waals surface area contributed by atoms with Crippen molar-refractivity contribution < 1.29 is 19.4 Å². The summed E-state index contributed by atoms with van der Waals surface area (Å²) in [5, 5.41) is 12.2. The van der Waals surface area contributed by atoms with E-state index in [0.29, 0.717) is 25.9 Å². The maximum Gasteiger partial charge on any atom is 0.317 e. The van der Waals surface area contributed by atoms with E-state index in [9.17, 15) is 9.59 Å². The molecule has 0 atom stereocenters. The lowest BCUT2D eigenvalue weighted by molar-refractivity contribution is -0.142. The van der Waals surface area contributed by atoms with Crippen molar-refractivity contribution >= 4 is 12.0 Å². The summed E-state index contributed by atoms with van der Waals surface area (Å²) in [4.78, 5) is 25.5. The lowest BCUT2D eigenvalue weighted by Gasteiger charge is -2.29. The van der Waals surface area contributed by atoms with E-state index in [1.807, 2.05) is 17.0 Å². The molecule has 1 aromatic rings. The van der Waals surface area contributed by atoms with Crippen LogP contribution in [0.4, 0.5) is 4.79 Å². The second-order valence-corrected chi connectivity index (χ2v) is 6.92. The minimum Gasteiger partial charge on any atom is -0.496 e.